The summed E-state index contributed by atoms with van der Waals surface area (Å²) in [5, 5.41) is 6.50. The lowest BCUT2D eigenvalue weighted by Crippen LogP contribution is -2.46. The SMILES string of the molecule is C[C@@H]1[C@@H]2c3c(C(F)(F)F)nn(CC(=O)N[C@@H](Cc4cc(F)cc(F)c4)c4nc5nc(N6CCN(c7ccc(C(F)(F)F)cc7)CC6)sc5cc4-c4ccc(F)c(C(N)=O)c4)c3C(F)(F)[C@H]12. The van der Waals surface area contributed by atoms with Gasteiger partial charge in [0.25, 0.3) is 11.8 Å². The number of carbonyl (C=O) groups excluding carboxylic acids is 2. The molecule has 2 fully saturated rings. The lowest BCUT2D eigenvalue weighted by molar-refractivity contribution is -0.142. The van der Waals surface area contributed by atoms with Crippen molar-refractivity contribution in [1.82, 2.24) is 25.1 Å². The van der Waals surface area contributed by atoms with Gasteiger partial charge in [-0.1, -0.05) is 24.3 Å². The van der Waals surface area contributed by atoms with Crippen LogP contribution in [0.25, 0.3) is 21.5 Å². The van der Waals surface area contributed by atoms with Gasteiger partial charge in [0.1, 0.15) is 29.7 Å². The first kappa shape index (κ1) is 43.9. The molecule has 0 spiro atoms. The molecule has 0 unspecified atom stereocenters. The number of amides is 2. The Hall–Kier alpha value is -6.32. The van der Waals surface area contributed by atoms with Crippen molar-refractivity contribution in [2.75, 3.05) is 36.0 Å². The fourth-order valence-electron chi connectivity index (χ4n) is 9.04. The fraction of sp³-hybridized carbons (Fsp3) is 0.326. The molecule has 2 aliphatic carbocycles. The molecule has 9 rings (SSSR count). The third kappa shape index (κ3) is 8.09. The average molecular weight is 935 g/mol. The minimum absolute atomic E-state index is 0.0394. The van der Waals surface area contributed by atoms with Crippen LogP contribution in [0, 0.1) is 29.3 Å². The normalized spacial score (nSPS) is 19.6. The smallest absolute Gasteiger partial charge is 0.368 e. The van der Waals surface area contributed by atoms with Gasteiger partial charge in [0.05, 0.1) is 27.6 Å². The van der Waals surface area contributed by atoms with Gasteiger partial charge < -0.3 is 20.9 Å². The third-order valence-corrected chi connectivity index (χ3v) is 13.1. The van der Waals surface area contributed by atoms with E-state index in [1.54, 1.807) is 6.07 Å². The minimum Gasteiger partial charge on any atom is -0.368 e. The number of nitrogens with zero attached hydrogens (tertiary/aromatic N) is 6. The van der Waals surface area contributed by atoms with Gasteiger partial charge in [0, 0.05) is 60.9 Å². The first-order valence-corrected chi connectivity index (χ1v) is 20.8. The van der Waals surface area contributed by atoms with E-state index in [0.29, 0.717) is 52.4 Å². The summed E-state index contributed by atoms with van der Waals surface area (Å²) in [5.41, 5.74) is 1.73. The molecule has 0 radical (unpaired) electrons. The van der Waals surface area contributed by atoms with Crippen LogP contribution >= 0.6 is 11.3 Å². The number of primary amides is 1. The number of nitrogens with one attached hydrogen (secondary N) is 1. The second-order valence-electron chi connectivity index (χ2n) is 16.2. The lowest BCUT2D eigenvalue weighted by Gasteiger charge is -2.36. The van der Waals surface area contributed by atoms with Crippen molar-refractivity contribution in [1.29, 1.82) is 0 Å². The average Bonchev–Trinajstić information content (AvgIpc) is 3.46. The Kier molecular flexibility index (Phi) is 10.6. The molecule has 340 valence electrons. The molecular formula is C43H33F11N8O2S. The summed E-state index contributed by atoms with van der Waals surface area (Å²) >= 11 is 1.17. The summed E-state index contributed by atoms with van der Waals surface area (Å²) in [7, 11) is 0. The number of aromatic nitrogens is 4. The van der Waals surface area contributed by atoms with Gasteiger partial charge in [-0.2, -0.15) is 45.2 Å². The number of benzene rings is 3. The molecule has 1 saturated carbocycles. The number of nitrogens with two attached hydrogens (primary N) is 1. The largest absolute Gasteiger partial charge is 0.435 e. The van der Waals surface area contributed by atoms with E-state index in [-0.39, 0.29) is 28.0 Å². The van der Waals surface area contributed by atoms with Crippen molar-refractivity contribution in [2.45, 2.75) is 50.1 Å². The molecule has 3 N–H and O–H groups in total. The maximum atomic E-state index is 15.7. The first-order valence-electron chi connectivity index (χ1n) is 20.0. The standard InChI is InChI=1S/C43H33F11N8O2S/c1-19-32-33-36(43(52,53)54)59-62(37(33)41(47,48)34(19)32)18-31(63)56-29(14-20-12-23(44)16-24(45)13-20)35-26(21-2-7-28(46)27(15-21)38(55)64)17-30-39(57-35)58-40(65-30)61-10-8-60(9-11-61)25-5-3-22(4-6-25)42(49,50)51/h2-7,12-13,15-17,19,29,32,34H,8-11,14,18H2,1H3,(H2,55,64)(H,56,63)/t19-,29+,32-,34-/m1/s1. The number of alkyl halides is 8. The maximum Gasteiger partial charge on any atom is 0.435 e. The fourth-order valence-corrected chi connectivity index (χ4v) is 10.0. The van der Waals surface area contributed by atoms with Crippen LogP contribution in [-0.4, -0.2) is 57.7 Å². The number of hydrogen-bond donors (Lipinski definition) is 2. The Labute approximate surface area is 364 Å². The summed E-state index contributed by atoms with van der Waals surface area (Å²) in [5.74, 6) is -12.3. The quantitative estimate of drug-likeness (QED) is 0.132. The topological polar surface area (TPSA) is 122 Å². The molecule has 1 aliphatic heterocycles. The number of hydrogen-bond acceptors (Lipinski definition) is 8. The number of rotatable bonds is 10. The molecule has 4 heterocycles. The molecule has 22 heteroatoms. The Morgan fingerprint density at radius 1 is 0.877 bits per heavy atom. The van der Waals surface area contributed by atoms with Crippen LogP contribution in [0.5, 0.6) is 0 Å². The highest BCUT2D eigenvalue weighted by atomic mass is 32.1. The summed E-state index contributed by atoms with van der Waals surface area (Å²) in [6.45, 7) is 1.81. The summed E-state index contributed by atoms with van der Waals surface area (Å²) in [6.07, 6.45) is -10.1. The predicted molar refractivity (Wildman–Crippen MR) is 215 cm³/mol. The highest BCUT2D eigenvalue weighted by Gasteiger charge is 2.72. The second-order valence-corrected chi connectivity index (χ2v) is 17.2. The monoisotopic (exact) mass is 934 g/mol. The highest BCUT2D eigenvalue weighted by molar-refractivity contribution is 7.22. The van der Waals surface area contributed by atoms with Crippen molar-refractivity contribution in [2.24, 2.45) is 17.6 Å². The van der Waals surface area contributed by atoms with E-state index in [1.807, 2.05) is 9.80 Å². The molecule has 2 amide bonds. The maximum absolute atomic E-state index is 15.7. The van der Waals surface area contributed by atoms with E-state index in [1.165, 1.54) is 36.5 Å². The van der Waals surface area contributed by atoms with E-state index in [9.17, 15) is 49.1 Å². The molecular weight excluding hydrogens is 902 g/mol. The first-order chi connectivity index (χ1) is 30.6. The van der Waals surface area contributed by atoms with Crippen molar-refractivity contribution < 1.29 is 57.9 Å². The summed E-state index contributed by atoms with van der Waals surface area (Å²) < 4.78 is 158. The van der Waals surface area contributed by atoms with Gasteiger partial charge in [0.2, 0.25) is 5.91 Å². The third-order valence-electron chi connectivity index (χ3n) is 12.1. The zero-order valence-corrected chi connectivity index (χ0v) is 34.4. The van der Waals surface area contributed by atoms with E-state index in [0.717, 1.165) is 36.4 Å². The van der Waals surface area contributed by atoms with Crippen LogP contribution in [0.2, 0.25) is 0 Å². The van der Waals surface area contributed by atoms with Gasteiger partial charge in [-0.3, -0.25) is 14.3 Å². The molecule has 10 nitrogen and oxygen atoms in total. The van der Waals surface area contributed by atoms with Crippen LogP contribution in [0.3, 0.4) is 0 Å². The minimum atomic E-state index is -5.12. The van der Waals surface area contributed by atoms with E-state index < -0.39 is 112 Å². The second kappa shape index (κ2) is 15.7. The van der Waals surface area contributed by atoms with Crippen LogP contribution in [0.4, 0.5) is 59.1 Å². The molecule has 4 atom stereocenters. The number of anilines is 2. The van der Waals surface area contributed by atoms with Crippen LogP contribution < -0.4 is 20.9 Å². The number of halogens is 11. The van der Waals surface area contributed by atoms with E-state index in [2.05, 4.69) is 10.4 Å². The van der Waals surface area contributed by atoms with Crippen LogP contribution in [0.1, 0.15) is 63.0 Å². The summed E-state index contributed by atoms with van der Waals surface area (Å²) in [4.78, 5) is 39.6. The lowest BCUT2D eigenvalue weighted by atomic mass is 9.94. The Morgan fingerprint density at radius 2 is 1.54 bits per heavy atom. The Balaban J connectivity index is 1.09. The zero-order chi connectivity index (χ0) is 46.5. The highest BCUT2D eigenvalue weighted by Crippen LogP contribution is 2.71. The molecule has 3 aliphatic rings. The number of fused-ring (bicyclic) bond motifs is 4. The molecule has 6 aromatic rings. The molecule has 65 heavy (non-hydrogen) atoms. The van der Waals surface area contributed by atoms with Crippen molar-refractivity contribution in [3.05, 3.63) is 124 Å². The van der Waals surface area contributed by atoms with Crippen molar-refractivity contribution in [3.63, 3.8) is 0 Å². The van der Waals surface area contributed by atoms with Crippen molar-refractivity contribution >= 4 is 44.3 Å². The Morgan fingerprint density at radius 3 is 2.17 bits per heavy atom. The Bertz CT molecular complexity index is 2850. The van der Waals surface area contributed by atoms with Gasteiger partial charge in [-0.05, 0) is 78.1 Å². The van der Waals surface area contributed by atoms with Gasteiger partial charge in [0.15, 0.2) is 16.5 Å². The summed E-state index contributed by atoms with van der Waals surface area (Å²) in [6, 6.07) is 10.7. The number of pyridine rings is 1. The van der Waals surface area contributed by atoms with Gasteiger partial charge in [-0.25, -0.2) is 18.2 Å². The molecule has 3 aromatic heterocycles. The number of thiazole rings is 1. The zero-order valence-electron chi connectivity index (χ0n) is 33.5. The predicted octanol–water partition coefficient (Wildman–Crippen LogP) is 8.99. The van der Waals surface area contributed by atoms with Crippen LogP contribution in [0.15, 0.2) is 66.7 Å². The number of carbonyl (C=O) groups is 2. The van der Waals surface area contributed by atoms with Crippen molar-refractivity contribution in [3.8, 4) is 11.1 Å². The van der Waals surface area contributed by atoms with Gasteiger partial charge >= 0.3 is 12.4 Å². The van der Waals surface area contributed by atoms with Crippen LogP contribution in [-0.2, 0) is 36.0 Å². The number of piperazine rings is 1. The van der Waals surface area contributed by atoms with E-state index >= 15 is 8.78 Å². The van der Waals surface area contributed by atoms with Gasteiger partial charge in [-0.15, -0.1) is 0 Å². The molecule has 1 saturated heterocycles. The van der Waals surface area contributed by atoms with E-state index in [4.69, 9.17) is 15.7 Å². The molecule has 0 bridgehead atoms. The molecule has 3 aromatic carbocycles.